The predicted molar refractivity (Wildman–Crippen MR) is 107 cm³/mol. The van der Waals surface area contributed by atoms with E-state index < -0.39 is 5.60 Å². The first kappa shape index (κ1) is 19.6. The number of piperidine rings is 1. The summed E-state index contributed by atoms with van der Waals surface area (Å²) in [6.07, 6.45) is 11.8. The van der Waals surface area contributed by atoms with E-state index in [0.29, 0.717) is 29.9 Å². The number of halogens is 1. The lowest BCUT2D eigenvalue weighted by Gasteiger charge is -2.46. The summed E-state index contributed by atoms with van der Waals surface area (Å²) in [5.74, 6) is 2.94. The van der Waals surface area contributed by atoms with E-state index in [1.807, 2.05) is 0 Å². The maximum atomic E-state index is 9.71. The number of ether oxygens (including phenoxy) is 2. The molecule has 2 atom stereocenters. The third kappa shape index (κ3) is 3.40. The Balaban J connectivity index is 1.56. The van der Waals surface area contributed by atoms with Gasteiger partial charge in [-0.05, 0) is 18.4 Å². The van der Waals surface area contributed by atoms with E-state index >= 15 is 0 Å². The van der Waals surface area contributed by atoms with Gasteiger partial charge in [-0.25, -0.2) is 9.97 Å². The molecule has 2 aromatic heterocycles. The van der Waals surface area contributed by atoms with Crippen molar-refractivity contribution in [3.8, 4) is 18.4 Å². The number of methoxy groups -OCH3 is 1. The third-order valence-corrected chi connectivity index (χ3v) is 7.29. The van der Waals surface area contributed by atoms with Crippen molar-refractivity contribution < 1.29 is 14.6 Å². The van der Waals surface area contributed by atoms with Crippen LogP contribution in [0.2, 0.25) is 4.34 Å². The van der Waals surface area contributed by atoms with Crippen LogP contribution in [0.15, 0.2) is 12.4 Å². The average Bonchev–Trinajstić information content (AvgIpc) is 3.06. The summed E-state index contributed by atoms with van der Waals surface area (Å²) in [5, 5.41) is 9.71. The van der Waals surface area contributed by atoms with Gasteiger partial charge in [0.2, 0.25) is 0 Å². The number of likely N-dealkylation sites (tertiary alicyclic amines) is 1. The largest absolute Gasteiger partial charge is 0.467 e. The van der Waals surface area contributed by atoms with E-state index in [1.54, 1.807) is 19.5 Å². The smallest absolute Gasteiger partial charge is 0.316 e. The Kier molecular flexibility index (Phi) is 5.59. The molecule has 0 aliphatic carbocycles. The van der Waals surface area contributed by atoms with Crippen LogP contribution in [0, 0.1) is 12.3 Å². The van der Waals surface area contributed by atoms with Crippen molar-refractivity contribution in [1.29, 1.82) is 0 Å². The molecule has 2 aromatic rings. The first-order valence-electron chi connectivity index (χ1n) is 9.20. The molecule has 6 nitrogen and oxygen atoms in total. The van der Waals surface area contributed by atoms with E-state index in [9.17, 15) is 5.11 Å². The quantitative estimate of drug-likeness (QED) is 0.768. The van der Waals surface area contributed by atoms with Crippen LogP contribution in [0.4, 0.5) is 0 Å². The molecule has 148 valence electrons. The molecule has 0 radical (unpaired) electrons. The summed E-state index contributed by atoms with van der Waals surface area (Å²) >= 11 is 7.93. The Morgan fingerprint density at radius 2 is 2.29 bits per heavy atom. The summed E-state index contributed by atoms with van der Waals surface area (Å²) in [6.45, 7) is 2.05. The van der Waals surface area contributed by atoms with Crippen LogP contribution in [0.3, 0.4) is 0 Å². The molecular formula is C20H22ClN3O3S. The fraction of sp³-hybridized carbons (Fsp3) is 0.500. The molecule has 8 heteroatoms. The lowest BCUT2D eigenvalue weighted by molar-refractivity contribution is -0.105. The highest BCUT2D eigenvalue weighted by atomic mass is 35.5. The van der Waals surface area contributed by atoms with Crippen LogP contribution in [0.5, 0.6) is 6.01 Å². The minimum Gasteiger partial charge on any atom is -0.467 e. The molecule has 1 spiro atoms. The van der Waals surface area contributed by atoms with Gasteiger partial charge in [-0.2, -0.15) is 0 Å². The van der Waals surface area contributed by atoms with Crippen LogP contribution in [-0.4, -0.2) is 46.3 Å². The molecule has 1 saturated heterocycles. The standard InChI is InChI=1S/C20H22ClN3O3S/c1-3-14-8-20(17-15(4-7-27-20)16(12-25)18(21)28-17)5-6-24(14)11-13-9-22-19(26-2)23-10-13/h1,9-10,14,25H,4-8,11-12H2,2H3/t14-,20+/m0/s1. The number of nitrogens with zero attached hydrogens (tertiary/aromatic N) is 3. The number of aromatic nitrogens is 2. The minimum atomic E-state index is -0.417. The van der Waals surface area contributed by atoms with Crippen LogP contribution in [0.1, 0.15) is 34.4 Å². The summed E-state index contributed by atoms with van der Waals surface area (Å²) in [4.78, 5) is 11.8. The van der Waals surface area contributed by atoms with Crippen molar-refractivity contribution in [2.24, 2.45) is 0 Å². The first-order valence-corrected chi connectivity index (χ1v) is 10.4. The van der Waals surface area contributed by atoms with Gasteiger partial charge in [0.25, 0.3) is 0 Å². The molecule has 28 heavy (non-hydrogen) atoms. The van der Waals surface area contributed by atoms with Crippen LogP contribution in [-0.2, 0) is 29.9 Å². The number of thiophene rings is 1. The Hall–Kier alpha value is -1.69. The van der Waals surface area contributed by atoms with Crippen LogP contribution >= 0.6 is 22.9 Å². The number of terminal acetylenes is 1. The van der Waals surface area contributed by atoms with E-state index in [1.165, 1.54) is 11.3 Å². The average molecular weight is 420 g/mol. The van der Waals surface area contributed by atoms with Crippen molar-refractivity contribution in [1.82, 2.24) is 14.9 Å². The highest BCUT2D eigenvalue weighted by Crippen LogP contribution is 2.49. The van der Waals surface area contributed by atoms with Crippen molar-refractivity contribution in [2.45, 2.75) is 44.1 Å². The van der Waals surface area contributed by atoms with E-state index in [-0.39, 0.29) is 12.6 Å². The maximum Gasteiger partial charge on any atom is 0.316 e. The molecule has 0 amide bonds. The number of aliphatic hydroxyl groups is 1. The number of rotatable bonds is 4. The lowest BCUT2D eigenvalue weighted by Crippen LogP contribution is -2.50. The second kappa shape index (κ2) is 7.97. The Bertz CT molecular complexity index is 895. The van der Waals surface area contributed by atoms with Gasteiger partial charge in [0.05, 0.1) is 30.7 Å². The summed E-state index contributed by atoms with van der Waals surface area (Å²) < 4.78 is 12.0. The van der Waals surface area contributed by atoms with Gasteiger partial charge in [-0.15, -0.1) is 17.8 Å². The molecule has 0 saturated carbocycles. The van der Waals surface area contributed by atoms with Gasteiger partial charge in [-0.3, -0.25) is 4.90 Å². The lowest BCUT2D eigenvalue weighted by atomic mass is 9.81. The number of hydrogen-bond acceptors (Lipinski definition) is 7. The highest BCUT2D eigenvalue weighted by Gasteiger charge is 2.46. The van der Waals surface area contributed by atoms with Crippen molar-refractivity contribution >= 4 is 22.9 Å². The van der Waals surface area contributed by atoms with Gasteiger partial charge in [-0.1, -0.05) is 17.5 Å². The molecule has 4 heterocycles. The van der Waals surface area contributed by atoms with Crippen molar-refractivity contribution in [3.05, 3.63) is 38.3 Å². The normalized spacial score (nSPS) is 24.7. The van der Waals surface area contributed by atoms with E-state index in [2.05, 4.69) is 20.8 Å². The monoisotopic (exact) mass is 419 g/mol. The molecule has 2 aliphatic heterocycles. The third-order valence-electron chi connectivity index (χ3n) is 5.58. The minimum absolute atomic E-state index is 0.0388. The highest BCUT2D eigenvalue weighted by molar-refractivity contribution is 7.16. The Labute approximate surface area is 173 Å². The van der Waals surface area contributed by atoms with Gasteiger partial charge in [0.1, 0.15) is 5.60 Å². The van der Waals surface area contributed by atoms with Crippen LogP contribution in [0.25, 0.3) is 0 Å². The summed E-state index contributed by atoms with van der Waals surface area (Å²) in [7, 11) is 1.55. The van der Waals surface area contributed by atoms with Gasteiger partial charge in [0, 0.05) is 47.9 Å². The Morgan fingerprint density at radius 3 is 2.96 bits per heavy atom. The molecule has 2 aliphatic rings. The second-order valence-corrected chi connectivity index (χ2v) is 8.72. The summed E-state index contributed by atoms with van der Waals surface area (Å²) in [5.41, 5.74) is 2.57. The second-order valence-electron chi connectivity index (χ2n) is 7.10. The molecule has 1 N–H and O–H groups in total. The molecule has 4 rings (SSSR count). The number of aliphatic hydroxyl groups excluding tert-OH is 1. The Morgan fingerprint density at radius 1 is 1.50 bits per heavy atom. The van der Waals surface area contributed by atoms with Gasteiger partial charge >= 0.3 is 6.01 Å². The molecule has 1 fully saturated rings. The zero-order valence-electron chi connectivity index (χ0n) is 15.7. The maximum absolute atomic E-state index is 9.71. The molecule has 0 aromatic carbocycles. The number of hydrogen-bond donors (Lipinski definition) is 1. The van der Waals surface area contributed by atoms with Gasteiger partial charge < -0.3 is 14.6 Å². The zero-order valence-corrected chi connectivity index (χ0v) is 17.2. The van der Waals surface area contributed by atoms with Crippen molar-refractivity contribution in [3.63, 3.8) is 0 Å². The predicted octanol–water partition coefficient (Wildman–Crippen LogP) is 2.76. The fourth-order valence-corrected chi connectivity index (χ4v) is 5.83. The number of fused-ring (bicyclic) bond motifs is 2. The molecule has 0 bridgehead atoms. The van der Waals surface area contributed by atoms with Crippen molar-refractivity contribution in [2.75, 3.05) is 20.3 Å². The summed E-state index contributed by atoms with van der Waals surface area (Å²) in [6, 6.07) is 0.285. The van der Waals surface area contributed by atoms with E-state index in [4.69, 9.17) is 27.5 Å². The SMILES string of the molecule is C#C[C@H]1C[C@@]2(CCN1Cc1cnc(OC)nc1)OCCc1c2sc(Cl)c1CO. The fourth-order valence-electron chi connectivity index (χ4n) is 4.15. The van der Waals surface area contributed by atoms with Crippen LogP contribution < -0.4 is 4.74 Å². The van der Waals surface area contributed by atoms with Gasteiger partial charge in [0.15, 0.2) is 0 Å². The topological polar surface area (TPSA) is 67.7 Å². The zero-order chi connectivity index (χ0) is 19.7. The first-order chi connectivity index (χ1) is 13.6. The molecule has 0 unspecified atom stereocenters. The van der Waals surface area contributed by atoms with E-state index in [0.717, 1.165) is 41.0 Å². The molecular weight excluding hydrogens is 398 g/mol.